The van der Waals surface area contributed by atoms with E-state index in [2.05, 4.69) is 4.98 Å². The van der Waals surface area contributed by atoms with Gasteiger partial charge in [0.2, 0.25) is 5.88 Å². The summed E-state index contributed by atoms with van der Waals surface area (Å²) in [6, 6.07) is 7.27. The standard InChI is InChI=1S/C13H13NO3/c1-3-17-13-10(8-15)6-9-4-5-11(16-2)7-12(9)14-13/h4-8H,3H2,1-2H3. The number of fused-ring (bicyclic) bond motifs is 1. The average molecular weight is 231 g/mol. The van der Waals surface area contributed by atoms with Gasteiger partial charge in [-0.1, -0.05) is 0 Å². The molecule has 0 spiro atoms. The Hall–Kier alpha value is -2.10. The fourth-order valence-corrected chi connectivity index (χ4v) is 1.61. The van der Waals surface area contributed by atoms with Gasteiger partial charge in [-0.05, 0) is 25.1 Å². The molecule has 4 heteroatoms. The Morgan fingerprint density at radius 3 is 2.82 bits per heavy atom. The summed E-state index contributed by atoms with van der Waals surface area (Å²) in [6.07, 6.45) is 0.752. The maximum atomic E-state index is 10.9. The number of methoxy groups -OCH3 is 1. The molecule has 0 amide bonds. The van der Waals surface area contributed by atoms with E-state index in [4.69, 9.17) is 9.47 Å². The minimum atomic E-state index is 0.364. The first-order valence-corrected chi connectivity index (χ1v) is 5.35. The summed E-state index contributed by atoms with van der Waals surface area (Å²) in [5, 5.41) is 0.886. The first kappa shape index (κ1) is 11.4. The molecule has 0 aliphatic rings. The number of carbonyl (C=O) groups excluding carboxylic acids is 1. The number of benzene rings is 1. The number of rotatable bonds is 4. The van der Waals surface area contributed by atoms with Gasteiger partial charge in [0.15, 0.2) is 6.29 Å². The van der Waals surface area contributed by atoms with E-state index < -0.39 is 0 Å². The summed E-state index contributed by atoms with van der Waals surface area (Å²) >= 11 is 0. The second-order valence-corrected chi connectivity index (χ2v) is 3.49. The van der Waals surface area contributed by atoms with Gasteiger partial charge in [-0.3, -0.25) is 4.79 Å². The van der Waals surface area contributed by atoms with Crippen LogP contribution in [0.1, 0.15) is 17.3 Å². The molecule has 0 aliphatic heterocycles. The van der Waals surface area contributed by atoms with Crippen LogP contribution in [0.25, 0.3) is 10.9 Å². The number of carbonyl (C=O) groups is 1. The van der Waals surface area contributed by atoms with Crippen LogP contribution in [-0.4, -0.2) is 25.0 Å². The summed E-state index contributed by atoms with van der Waals surface area (Å²) in [4.78, 5) is 15.2. The Balaban J connectivity index is 2.61. The van der Waals surface area contributed by atoms with Crippen molar-refractivity contribution in [1.29, 1.82) is 0 Å². The van der Waals surface area contributed by atoms with Crippen molar-refractivity contribution in [3.05, 3.63) is 29.8 Å². The van der Waals surface area contributed by atoms with Crippen molar-refractivity contribution in [3.63, 3.8) is 0 Å². The molecule has 0 radical (unpaired) electrons. The number of hydrogen-bond acceptors (Lipinski definition) is 4. The fourth-order valence-electron chi connectivity index (χ4n) is 1.61. The second-order valence-electron chi connectivity index (χ2n) is 3.49. The van der Waals surface area contributed by atoms with Gasteiger partial charge >= 0.3 is 0 Å². The van der Waals surface area contributed by atoms with Gasteiger partial charge in [0.05, 0.1) is 24.8 Å². The van der Waals surface area contributed by atoms with Gasteiger partial charge in [-0.25, -0.2) is 4.98 Å². The van der Waals surface area contributed by atoms with Crippen molar-refractivity contribution in [2.75, 3.05) is 13.7 Å². The molecule has 88 valence electrons. The topological polar surface area (TPSA) is 48.4 Å². The fraction of sp³-hybridized carbons (Fsp3) is 0.231. The van der Waals surface area contributed by atoms with Crippen LogP contribution in [0.15, 0.2) is 24.3 Å². The molecular weight excluding hydrogens is 218 g/mol. The zero-order chi connectivity index (χ0) is 12.3. The van der Waals surface area contributed by atoms with E-state index in [1.54, 1.807) is 13.2 Å². The maximum Gasteiger partial charge on any atom is 0.224 e. The Bertz CT molecular complexity index is 552. The highest BCUT2D eigenvalue weighted by molar-refractivity contribution is 5.89. The van der Waals surface area contributed by atoms with Crippen LogP contribution < -0.4 is 9.47 Å². The lowest BCUT2D eigenvalue weighted by molar-refractivity contribution is 0.111. The first-order chi connectivity index (χ1) is 8.28. The summed E-state index contributed by atoms with van der Waals surface area (Å²) in [7, 11) is 1.60. The van der Waals surface area contributed by atoms with Crippen LogP contribution in [-0.2, 0) is 0 Å². The van der Waals surface area contributed by atoms with Crippen LogP contribution in [0.5, 0.6) is 11.6 Å². The monoisotopic (exact) mass is 231 g/mol. The zero-order valence-corrected chi connectivity index (χ0v) is 9.77. The largest absolute Gasteiger partial charge is 0.497 e. The van der Waals surface area contributed by atoms with Crippen molar-refractivity contribution < 1.29 is 14.3 Å². The molecule has 1 aromatic carbocycles. The number of nitrogens with zero attached hydrogens (tertiary/aromatic N) is 1. The van der Waals surface area contributed by atoms with Gasteiger partial charge in [0, 0.05) is 11.5 Å². The predicted octanol–water partition coefficient (Wildman–Crippen LogP) is 2.45. The quantitative estimate of drug-likeness (QED) is 0.758. The van der Waals surface area contributed by atoms with E-state index in [9.17, 15) is 4.79 Å². The highest BCUT2D eigenvalue weighted by atomic mass is 16.5. The molecule has 0 unspecified atom stereocenters. The highest BCUT2D eigenvalue weighted by Gasteiger charge is 2.07. The van der Waals surface area contributed by atoms with E-state index in [1.165, 1.54) is 0 Å². The molecule has 0 N–H and O–H groups in total. The van der Waals surface area contributed by atoms with E-state index in [0.29, 0.717) is 18.1 Å². The van der Waals surface area contributed by atoms with Crippen LogP contribution in [0.3, 0.4) is 0 Å². The van der Waals surface area contributed by atoms with E-state index >= 15 is 0 Å². The molecule has 0 bridgehead atoms. The molecular formula is C13H13NO3. The molecule has 1 heterocycles. The van der Waals surface area contributed by atoms with Crippen molar-refractivity contribution in [1.82, 2.24) is 4.98 Å². The molecule has 0 saturated carbocycles. The minimum absolute atomic E-state index is 0.364. The van der Waals surface area contributed by atoms with Crippen LogP contribution >= 0.6 is 0 Å². The number of pyridine rings is 1. The van der Waals surface area contributed by atoms with E-state index in [0.717, 1.165) is 22.9 Å². The molecule has 17 heavy (non-hydrogen) atoms. The van der Waals surface area contributed by atoms with Crippen LogP contribution in [0.2, 0.25) is 0 Å². The summed E-state index contributed by atoms with van der Waals surface area (Å²) in [6.45, 7) is 2.33. The molecule has 4 nitrogen and oxygen atoms in total. The third-order valence-corrected chi connectivity index (χ3v) is 2.43. The molecule has 0 atom stereocenters. The molecule has 0 saturated heterocycles. The van der Waals surface area contributed by atoms with Crippen LogP contribution in [0.4, 0.5) is 0 Å². The second kappa shape index (κ2) is 4.82. The average Bonchev–Trinajstić information content (AvgIpc) is 2.37. The van der Waals surface area contributed by atoms with Crippen molar-refractivity contribution in [2.45, 2.75) is 6.92 Å². The van der Waals surface area contributed by atoms with Gasteiger partial charge in [0.25, 0.3) is 0 Å². The highest BCUT2D eigenvalue weighted by Crippen LogP contribution is 2.24. The number of ether oxygens (including phenoxy) is 2. The Labute approximate surface area is 99.2 Å². The van der Waals surface area contributed by atoms with Crippen molar-refractivity contribution >= 4 is 17.2 Å². The summed E-state index contributed by atoms with van der Waals surface area (Å²) in [5.74, 6) is 1.09. The smallest absolute Gasteiger partial charge is 0.224 e. The lowest BCUT2D eigenvalue weighted by atomic mass is 10.1. The van der Waals surface area contributed by atoms with Gasteiger partial charge < -0.3 is 9.47 Å². The van der Waals surface area contributed by atoms with E-state index in [1.807, 2.05) is 25.1 Å². The van der Waals surface area contributed by atoms with Crippen molar-refractivity contribution in [2.24, 2.45) is 0 Å². The molecule has 2 aromatic rings. The van der Waals surface area contributed by atoms with Gasteiger partial charge in [-0.15, -0.1) is 0 Å². The molecule has 0 aliphatic carbocycles. The third-order valence-electron chi connectivity index (χ3n) is 2.43. The molecule has 0 fully saturated rings. The number of hydrogen-bond donors (Lipinski definition) is 0. The van der Waals surface area contributed by atoms with Gasteiger partial charge in [0.1, 0.15) is 5.75 Å². The van der Waals surface area contributed by atoms with Gasteiger partial charge in [-0.2, -0.15) is 0 Å². The normalized spacial score (nSPS) is 10.2. The minimum Gasteiger partial charge on any atom is -0.497 e. The Morgan fingerprint density at radius 2 is 2.18 bits per heavy atom. The zero-order valence-electron chi connectivity index (χ0n) is 9.77. The number of aromatic nitrogens is 1. The number of aldehydes is 1. The molecule has 2 rings (SSSR count). The lowest BCUT2D eigenvalue weighted by Gasteiger charge is -2.07. The van der Waals surface area contributed by atoms with Crippen molar-refractivity contribution in [3.8, 4) is 11.6 Å². The Kier molecular flexibility index (Phi) is 3.23. The maximum absolute atomic E-state index is 10.9. The third kappa shape index (κ3) is 2.20. The predicted molar refractivity (Wildman–Crippen MR) is 64.9 cm³/mol. The lowest BCUT2D eigenvalue weighted by Crippen LogP contribution is -1.99. The SMILES string of the molecule is CCOc1nc2cc(OC)ccc2cc1C=O. The van der Waals surface area contributed by atoms with E-state index in [-0.39, 0.29) is 0 Å². The van der Waals surface area contributed by atoms with Crippen LogP contribution in [0, 0.1) is 0 Å². The molecule has 1 aromatic heterocycles. The Morgan fingerprint density at radius 1 is 1.35 bits per heavy atom. The summed E-state index contributed by atoms with van der Waals surface area (Å²) in [5.41, 5.74) is 1.21. The first-order valence-electron chi connectivity index (χ1n) is 5.35. The summed E-state index contributed by atoms with van der Waals surface area (Å²) < 4.78 is 10.5.